The number of hydrogen-bond donors (Lipinski definition) is 1. The summed E-state index contributed by atoms with van der Waals surface area (Å²) < 4.78 is 26.1. The molecule has 3 rings (SSSR count). The van der Waals surface area contributed by atoms with E-state index in [1.807, 2.05) is 24.3 Å². The first-order chi connectivity index (χ1) is 12.5. The van der Waals surface area contributed by atoms with Gasteiger partial charge in [-0.1, -0.05) is 6.07 Å². The Morgan fingerprint density at radius 2 is 1.69 bits per heavy atom. The summed E-state index contributed by atoms with van der Waals surface area (Å²) in [4.78, 5) is 16.7. The number of rotatable bonds is 5. The van der Waals surface area contributed by atoms with Crippen LogP contribution in [0.2, 0.25) is 0 Å². The van der Waals surface area contributed by atoms with Gasteiger partial charge >= 0.3 is 0 Å². The van der Waals surface area contributed by atoms with Crippen LogP contribution in [-0.4, -0.2) is 44.0 Å². The molecule has 1 aliphatic heterocycles. The fraction of sp³-hybridized carbons (Fsp3) is 0.350. The van der Waals surface area contributed by atoms with Crippen molar-refractivity contribution in [1.82, 2.24) is 4.90 Å². The monoisotopic (exact) mass is 359 g/mol. The Balaban J connectivity index is 1.50. The number of carbonyl (C=O) groups is 1. The van der Waals surface area contributed by atoms with Gasteiger partial charge in [0.25, 0.3) is 0 Å². The summed E-state index contributed by atoms with van der Waals surface area (Å²) >= 11 is 0. The third kappa shape index (κ3) is 4.79. The number of likely N-dealkylation sites (N-methyl/N-ethyl adjacent to an activating group) is 1. The maximum atomic E-state index is 13.2. The van der Waals surface area contributed by atoms with Crippen LogP contribution in [0.1, 0.15) is 12.0 Å². The Bertz CT molecular complexity index is 756. The van der Waals surface area contributed by atoms with Crippen LogP contribution in [-0.2, 0) is 11.2 Å². The van der Waals surface area contributed by atoms with Crippen molar-refractivity contribution in [3.05, 3.63) is 59.7 Å². The number of amides is 1. The molecule has 0 bridgehead atoms. The lowest BCUT2D eigenvalue weighted by molar-refractivity contribution is -0.116. The van der Waals surface area contributed by atoms with Gasteiger partial charge in [0.1, 0.15) is 0 Å². The van der Waals surface area contributed by atoms with Gasteiger partial charge in [-0.3, -0.25) is 4.79 Å². The first-order valence-electron chi connectivity index (χ1n) is 8.78. The van der Waals surface area contributed by atoms with Crippen molar-refractivity contribution in [3.8, 4) is 0 Å². The molecule has 0 unspecified atom stereocenters. The van der Waals surface area contributed by atoms with Crippen molar-refractivity contribution < 1.29 is 13.6 Å². The lowest BCUT2D eigenvalue weighted by Gasteiger charge is -2.34. The van der Waals surface area contributed by atoms with Crippen LogP contribution in [0.5, 0.6) is 0 Å². The second kappa shape index (κ2) is 8.27. The van der Waals surface area contributed by atoms with Crippen molar-refractivity contribution in [2.45, 2.75) is 12.8 Å². The van der Waals surface area contributed by atoms with Crippen LogP contribution < -0.4 is 10.2 Å². The minimum absolute atomic E-state index is 0.151. The molecule has 0 spiro atoms. The maximum Gasteiger partial charge on any atom is 0.224 e. The van der Waals surface area contributed by atoms with Gasteiger partial charge in [-0.05, 0) is 55.4 Å². The molecule has 1 saturated heterocycles. The number of piperazine rings is 1. The minimum atomic E-state index is -0.887. The fourth-order valence-corrected chi connectivity index (χ4v) is 3.00. The van der Waals surface area contributed by atoms with Crippen molar-refractivity contribution >= 4 is 17.3 Å². The molecule has 1 amide bonds. The highest BCUT2D eigenvalue weighted by atomic mass is 19.2. The molecule has 0 saturated carbocycles. The molecule has 0 aliphatic carbocycles. The van der Waals surface area contributed by atoms with Crippen LogP contribution in [0, 0.1) is 11.6 Å². The molecular weight excluding hydrogens is 336 g/mol. The van der Waals surface area contributed by atoms with Gasteiger partial charge in [-0.15, -0.1) is 0 Å². The molecule has 1 N–H and O–H groups in total. The summed E-state index contributed by atoms with van der Waals surface area (Å²) in [5.41, 5.74) is 2.49. The molecule has 6 heteroatoms. The predicted molar refractivity (Wildman–Crippen MR) is 99.5 cm³/mol. The number of nitrogens with one attached hydrogen (secondary N) is 1. The van der Waals surface area contributed by atoms with E-state index in [0.29, 0.717) is 12.0 Å². The molecule has 1 fully saturated rings. The Labute approximate surface area is 152 Å². The third-order valence-electron chi connectivity index (χ3n) is 4.64. The molecule has 1 aliphatic rings. The zero-order valence-electron chi connectivity index (χ0n) is 14.8. The number of aryl methyl sites for hydroxylation is 1. The van der Waals surface area contributed by atoms with Gasteiger partial charge in [-0.25, -0.2) is 8.78 Å². The first-order valence-corrected chi connectivity index (χ1v) is 8.78. The van der Waals surface area contributed by atoms with E-state index in [4.69, 9.17) is 0 Å². The summed E-state index contributed by atoms with van der Waals surface area (Å²) in [5, 5.41) is 2.84. The summed E-state index contributed by atoms with van der Waals surface area (Å²) in [6, 6.07) is 11.5. The second-order valence-corrected chi connectivity index (χ2v) is 6.63. The zero-order valence-corrected chi connectivity index (χ0v) is 14.8. The van der Waals surface area contributed by atoms with Gasteiger partial charge < -0.3 is 15.1 Å². The maximum absolute atomic E-state index is 13.2. The van der Waals surface area contributed by atoms with E-state index in [1.54, 1.807) is 0 Å². The standard InChI is InChI=1S/C20H23F2N3O/c1-24-10-12-25(13-11-24)17-6-4-16(5-7-17)23-20(26)9-3-15-2-8-18(21)19(22)14-15/h2,4-8,14H,3,9-13H2,1H3,(H,23,26). The number of hydrogen-bond acceptors (Lipinski definition) is 3. The van der Waals surface area contributed by atoms with E-state index in [-0.39, 0.29) is 12.3 Å². The van der Waals surface area contributed by atoms with Crippen LogP contribution in [0.15, 0.2) is 42.5 Å². The van der Waals surface area contributed by atoms with E-state index in [1.165, 1.54) is 6.07 Å². The van der Waals surface area contributed by atoms with Crippen molar-refractivity contribution in [2.24, 2.45) is 0 Å². The summed E-state index contributed by atoms with van der Waals surface area (Å²) in [5.74, 6) is -1.91. The molecule has 2 aromatic rings. The minimum Gasteiger partial charge on any atom is -0.369 e. The van der Waals surface area contributed by atoms with Crippen LogP contribution in [0.25, 0.3) is 0 Å². The normalized spacial score (nSPS) is 15.1. The van der Waals surface area contributed by atoms with Crippen LogP contribution in [0.4, 0.5) is 20.2 Å². The van der Waals surface area contributed by atoms with Gasteiger partial charge in [0, 0.05) is 44.0 Å². The molecular formula is C20H23F2N3O. The first kappa shape index (κ1) is 18.3. The third-order valence-corrected chi connectivity index (χ3v) is 4.64. The molecule has 2 aromatic carbocycles. The van der Waals surface area contributed by atoms with Crippen molar-refractivity contribution in [3.63, 3.8) is 0 Å². The average molecular weight is 359 g/mol. The summed E-state index contributed by atoms with van der Waals surface area (Å²) in [7, 11) is 2.12. The molecule has 4 nitrogen and oxygen atoms in total. The van der Waals surface area contributed by atoms with E-state index in [9.17, 15) is 13.6 Å². The number of carbonyl (C=O) groups excluding carboxylic acids is 1. The average Bonchev–Trinajstić information content (AvgIpc) is 2.64. The lowest BCUT2D eigenvalue weighted by Crippen LogP contribution is -2.44. The largest absolute Gasteiger partial charge is 0.369 e. The van der Waals surface area contributed by atoms with Gasteiger partial charge in [-0.2, -0.15) is 0 Å². The van der Waals surface area contributed by atoms with Crippen LogP contribution >= 0.6 is 0 Å². The number of nitrogens with zero attached hydrogens (tertiary/aromatic N) is 2. The topological polar surface area (TPSA) is 35.6 Å². The summed E-state index contributed by atoms with van der Waals surface area (Å²) in [6.07, 6.45) is 0.577. The van der Waals surface area contributed by atoms with E-state index >= 15 is 0 Å². The Hall–Kier alpha value is -2.47. The van der Waals surface area contributed by atoms with Gasteiger partial charge in [0.15, 0.2) is 11.6 Å². The van der Waals surface area contributed by atoms with E-state index < -0.39 is 11.6 Å². The quantitative estimate of drug-likeness (QED) is 0.890. The molecule has 138 valence electrons. The molecule has 1 heterocycles. The van der Waals surface area contributed by atoms with Crippen molar-refractivity contribution in [1.29, 1.82) is 0 Å². The highest BCUT2D eigenvalue weighted by Crippen LogP contribution is 2.19. The van der Waals surface area contributed by atoms with Gasteiger partial charge in [0.2, 0.25) is 5.91 Å². The second-order valence-electron chi connectivity index (χ2n) is 6.63. The summed E-state index contributed by atoms with van der Waals surface area (Å²) in [6.45, 7) is 4.08. The molecule has 0 atom stereocenters. The fourth-order valence-electron chi connectivity index (χ4n) is 3.00. The smallest absolute Gasteiger partial charge is 0.224 e. The number of anilines is 2. The Kier molecular flexibility index (Phi) is 5.83. The highest BCUT2D eigenvalue weighted by Gasteiger charge is 2.14. The SMILES string of the molecule is CN1CCN(c2ccc(NC(=O)CCc3ccc(F)c(F)c3)cc2)CC1. The predicted octanol–water partition coefficient (Wildman–Crippen LogP) is 3.29. The molecule has 0 radical (unpaired) electrons. The van der Waals surface area contributed by atoms with E-state index in [0.717, 1.165) is 49.7 Å². The van der Waals surface area contributed by atoms with Crippen molar-refractivity contribution in [2.75, 3.05) is 43.4 Å². The molecule has 0 aromatic heterocycles. The molecule has 26 heavy (non-hydrogen) atoms. The van der Waals surface area contributed by atoms with E-state index in [2.05, 4.69) is 22.2 Å². The zero-order chi connectivity index (χ0) is 18.5. The lowest BCUT2D eigenvalue weighted by atomic mass is 10.1. The Morgan fingerprint density at radius 1 is 1.00 bits per heavy atom. The van der Waals surface area contributed by atoms with Crippen LogP contribution in [0.3, 0.4) is 0 Å². The van der Waals surface area contributed by atoms with Gasteiger partial charge in [0.05, 0.1) is 0 Å². The highest BCUT2D eigenvalue weighted by molar-refractivity contribution is 5.91. The number of halogens is 2. The Morgan fingerprint density at radius 3 is 2.35 bits per heavy atom. The number of benzene rings is 2.